The number of amides is 2. The number of nitro benzene ring substituents is 1. The fourth-order valence-corrected chi connectivity index (χ4v) is 2.81. The van der Waals surface area contributed by atoms with Gasteiger partial charge in [-0.3, -0.25) is 19.7 Å². The van der Waals surface area contributed by atoms with Crippen molar-refractivity contribution in [3.63, 3.8) is 0 Å². The van der Waals surface area contributed by atoms with Crippen LogP contribution in [-0.4, -0.2) is 35.4 Å². The number of unbranched alkanes of at least 4 members (excludes halogenated alkanes) is 1. The summed E-state index contributed by atoms with van der Waals surface area (Å²) >= 11 is 5.99. The van der Waals surface area contributed by atoms with Crippen molar-refractivity contribution in [3.05, 3.63) is 38.9 Å². The minimum atomic E-state index is -0.778. The first-order valence-electron chi connectivity index (χ1n) is 8.96. The summed E-state index contributed by atoms with van der Waals surface area (Å²) in [6, 6.07) is 2.64. The zero-order valence-electron chi connectivity index (χ0n) is 16.2. The molecule has 0 aliphatic heterocycles. The number of benzene rings is 1. The Hall–Kier alpha value is -1.90. The average Bonchev–Trinajstić information content (AvgIpc) is 2.62. The number of carbonyl (C=O) groups is 2. The number of nitrogens with zero attached hydrogens (tertiary/aromatic N) is 1. The van der Waals surface area contributed by atoms with Crippen molar-refractivity contribution in [2.75, 3.05) is 6.54 Å². The molecule has 4 N–H and O–H groups in total. The Morgan fingerprint density at radius 2 is 1.93 bits per heavy atom. The van der Waals surface area contributed by atoms with Gasteiger partial charge in [-0.1, -0.05) is 45.2 Å². The van der Waals surface area contributed by atoms with Gasteiger partial charge in [0.25, 0.3) is 11.6 Å². The molecule has 8 nitrogen and oxygen atoms in total. The molecule has 0 saturated heterocycles. The van der Waals surface area contributed by atoms with Crippen LogP contribution in [0, 0.1) is 16.0 Å². The Kier molecular flexibility index (Phi) is 11.7. The van der Waals surface area contributed by atoms with E-state index < -0.39 is 16.9 Å². The fourth-order valence-electron chi connectivity index (χ4n) is 2.55. The number of halogens is 2. The third kappa shape index (κ3) is 7.61. The minimum absolute atomic E-state index is 0. The van der Waals surface area contributed by atoms with Crippen molar-refractivity contribution in [2.24, 2.45) is 11.7 Å². The second-order valence-electron chi connectivity index (χ2n) is 6.70. The molecule has 0 bridgehead atoms. The molecule has 0 heterocycles. The molecule has 0 fully saturated rings. The van der Waals surface area contributed by atoms with E-state index in [1.165, 1.54) is 12.1 Å². The predicted octanol–water partition coefficient (Wildman–Crippen LogP) is 3.06. The highest BCUT2D eigenvalue weighted by atomic mass is 35.5. The molecule has 0 aromatic heterocycles. The topological polar surface area (TPSA) is 127 Å². The number of nitrogens with one attached hydrogen (secondary N) is 2. The Balaban J connectivity index is 0.00000729. The molecule has 2 atom stereocenters. The Morgan fingerprint density at radius 1 is 1.29 bits per heavy atom. The van der Waals surface area contributed by atoms with Crippen molar-refractivity contribution in [3.8, 4) is 0 Å². The molecule has 1 aromatic carbocycles. The molecule has 2 amide bonds. The van der Waals surface area contributed by atoms with E-state index in [9.17, 15) is 19.7 Å². The molecule has 158 valence electrons. The summed E-state index contributed by atoms with van der Waals surface area (Å²) in [7, 11) is 0. The normalized spacial score (nSPS) is 12.6. The quantitative estimate of drug-likeness (QED) is 0.385. The Morgan fingerprint density at radius 3 is 2.39 bits per heavy atom. The molecule has 0 saturated carbocycles. The van der Waals surface area contributed by atoms with E-state index >= 15 is 0 Å². The third-order valence-corrected chi connectivity index (χ3v) is 4.49. The van der Waals surface area contributed by atoms with E-state index in [4.69, 9.17) is 17.3 Å². The Bertz CT molecular complexity index is 686. The van der Waals surface area contributed by atoms with Crippen molar-refractivity contribution >= 4 is 41.5 Å². The smallest absolute Gasteiger partial charge is 0.270 e. The van der Waals surface area contributed by atoms with Crippen molar-refractivity contribution in [1.29, 1.82) is 0 Å². The lowest BCUT2D eigenvalue weighted by Gasteiger charge is -2.25. The summed E-state index contributed by atoms with van der Waals surface area (Å²) in [5.41, 5.74) is 5.57. The van der Waals surface area contributed by atoms with Crippen LogP contribution in [0.15, 0.2) is 18.2 Å². The monoisotopic (exact) mass is 434 g/mol. The number of nitrogens with two attached hydrogens (primary N) is 1. The van der Waals surface area contributed by atoms with Gasteiger partial charge in [0.1, 0.15) is 6.04 Å². The lowest BCUT2D eigenvalue weighted by molar-refractivity contribution is -0.384. The van der Waals surface area contributed by atoms with Gasteiger partial charge >= 0.3 is 0 Å². The van der Waals surface area contributed by atoms with Gasteiger partial charge in [0, 0.05) is 24.7 Å². The number of hydrogen-bond acceptors (Lipinski definition) is 5. The SMILES string of the molecule is CCCCC(CN)NC(=O)C(NC(=O)c1ccc([N+](=O)[O-])cc1Cl)C(C)C.Cl. The maximum atomic E-state index is 12.6. The van der Waals surface area contributed by atoms with Gasteiger partial charge in [0.05, 0.1) is 15.5 Å². The molecule has 2 unspecified atom stereocenters. The van der Waals surface area contributed by atoms with Gasteiger partial charge in [-0.15, -0.1) is 12.4 Å². The van der Waals surface area contributed by atoms with Gasteiger partial charge in [-0.05, 0) is 18.4 Å². The highest BCUT2D eigenvalue weighted by Crippen LogP contribution is 2.22. The van der Waals surface area contributed by atoms with Crippen LogP contribution in [0.5, 0.6) is 0 Å². The highest BCUT2D eigenvalue weighted by molar-refractivity contribution is 6.34. The van der Waals surface area contributed by atoms with Gasteiger partial charge in [0.15, 0.2) is 0 Å². The lowest BCUT2D eigenvalue weighted by atomic mass is 10.0. The van der Waals surface area contributed by atoms with Crippen LogP contribution in [0.1, 0.15) is 50.4 Å². The summed E-state index contributed by atoms with van der Waals surface area (Å²) in [4.78, 5) is 35.3. The Labute approximate surface area is 176 Å². The average molecular weight is 435 g/mol. The maximum absolute atomic E-state index is 12.6. The van der Waals surface area contributed by atoms with E-state index in [1.807, 2.05) is 13.8 Å². The summed E-state index contributed by atoms with van der Waals surface area (Å²) in [6.07, 6.45) is 2.71. The molecule has 0 aliphatic carbocycles. The summed E-state index contributed by atoms with van der Waals surface area (Å²) in [5, 5.41) is 16.3. The molecular weight excluding hydrogens is 407 g/mol. The van der Waals surface area contributed by atoms with Crippen molar-refractivity contribution in [2.45, 2.75) is 52.1 Å². The van der Waals surface area contributed by atoms with E-state index in [0.29, 0.717) is 6.54 Å². The second-order valence-corrected chi connectivity index (χ2v) is 7.11. The van der Waals surface area contributed by atoms with Crippen LogP contribution < -0.4 is 16.4 Å². The fraction of sp³-hybridized carbons (Fsp3) is 0.556. The first-order valence-corrected chi connectivity index (χ1v) is 9.34. The van der Waals surface area contributed by atoms with Gasteiger partial charge in [0.2, 0.25) is 5.91 Å². The number of carbonyl (C=O) groups excluding carboxylic acids is 2. The predicted molar refractivity (Wildman–Crippen MR) is 112 cm³/mol. The van der Waals surface area contributed by atoms with Gasteiger partial charge < -0.3 is 16.4 Å². The first-order chi connectivity index (χ1) is 12.7. The lowest BCUT2D eigenvalue weighted by Crippen LogP contribution is -2.53. The van der Waals surface area contributed by atoms with Gasteiger partial charge in [-0.2, -0.15) is 0 Å². The van der Waals surface area contributed by atoms with Crippen molar-refractivity contribution < 1.29 is 14.5 Å². The summed E-state index contributed by atoms with van der Waals surface area (Å²) in [5.74, 6) is -1.06. The molecule has 28 heavy (non-hydrogen) atoms. The van der Waals surface area contributed by atoms with Crippen LogP contribution in [0.25, 0.3) is 0 Å². The molecule has 0 spiro atoms. The van der Waals surface area contributed by atoms with Crippen LogP contribution in [0.2, 0.25) is 5.02 Å². The van der Waals surface area contributed by atoms with E-state index in [-0.39, 0.29) is 46.5 Å². The van der Waals surface area contributed by atoms with Gasteiger partial charge in [-0.25, -0.2) is 0 Å². The van der Waals surface area contributed by atoms with Crippen LogP contribution in [-0.2, 0) is 4.79 Å². The number of hydrogen-bond donors (Lipinski definition) is 3. The first kappa shape index (κ1) is 26.1. The molecular formula is C18H28Cl2N4O4. The van der Waals surface area contributed by atoms with E-state index in [2.05, 4.69) is 17.6 Å². The molecule has 0 aliphatic rings. The van der Waals surface area contributed by atoms with Crippen LogP contribution >= 0.6 is 24.0 Å². The summed E-state index contributed by atoms with van der Waals surface area (Å²) in [6.45, 7) is 6.00. The molecule has 10 heteroatoms. The van der Waals surface area contributed by atoms with Crippen LogP contribution in [0.4, 0.5) is 5.69 Å². The minimum Gasteiger partial charge on any atom is -0.350 e. The molecule has 1 aromatic rings. The standard InChI is InChI=1S/C18H27ClN4O4.ClH/c1-4-5-6-12(10-20)21-18(25)16(11(2)3)22-17(24)14-8-7-13(23(26)27)9-15(14)19;/h7-9,11-12,16H,4-6,10,20H2,1-3H3,(H,21,25)(H,22,24);1H. The van der Waals surface area contributed by atoms with Crippen LogP contribution in [0.3, 0.4) is 0 Å². The maximum Gasteiger partial charge on any atom is 0.270 e. The van der Waals surface area contributed by atoms with Crippen molar-refractivity contribution in [1.82, 2.24) is 10.6 Å². The zero-order valence-corrected chi connectivity index (χ0v) is 17.8. The molecule has 0 radical (unpaired) electrons. The molecule has 1 rings (SSSR count). The summed E-state index contributed by atoms with van der Waals surface area (Å²) < 4.78 is 0. The zero-order chi connectivity index (χ0) is 20.6. The van der Waals surface area contributed by atoms with E-state index in [1.54, 1.807) is 0 Å². The number of rotatable bonds is 10. The number of non-ortho nitro benzene ring substituents is 1. The van der Waals surface area contributed by atoms with E-state index in [0.717, 1.165) is 25.3 Å². The second kappa shape index (κ2) is 12.5. The third-order valence-electron chi connectivity index (χ3n) is 4.18. The highest BCUT2D eigenvalue weighted by Gasteiger charge is 2.27. The largest absolute Gasteiger partial charge is 0.350 e. The number of nitro groups is 1.